The predicted molar refractivity (Wildman–Crippen MR) is 84.3 cm³/mol. The summed E-state index contributed by atoms with van der Waals surface area (Å²) in [5.41, 5.74) is -1.36. The molecule has 0 heterocycles. The monoisotopic (exact) mass is 330 g/mol. The highest BCUT2D eigenvalue weighted by atomic mass is 19.4. The van der Waals surface area contributed by atoms with Crippen LogP contribution in [0.3, 0.4) is 0 Å². The Bertz CT molecular complexity index is 470. The molecule has 0 aromatic heterocycles. The van der Waals surface area contributed by atoms with Crippen LogP contribution in [-0.2, 0) is 10.9 Å². The van der Waals surface area contributed by atoms with Crippen molar-refractivity contribution in [1.29, 1.82) is 0 Å². The number of carbonyl (C=O) groups excluding carboxylic acids is 1. The fourth-order valence-electron chi connectivity index (χ4n) is 2.39. The highest BCUT2D eigenvalue weighted by Gasteiger charge is 2.35. The zero-order valence-corrected chi connectivity index (χ0v) is 13.6. The third-order valence-corrected chi connectivity index (χ3v) is 3.68. The standard InChI is InChI=1S/C18H25F3O2/c1-2-3-4-5-6-7-8-11-14-23-17(22)15-12-9-10-13-16(15)18(19,20)21/h9-10,12-13H,2-8,11,14H2,1H3. The van der Waals surface area contributed by atoms with Gasteiger partial charge in [-0.3, -0.25) is 0 Å². The van der Waals surface area contributed by atoms with Gasteiger partial charge in [0, 0.05) is 0 Å². The normalized spacial score (nSPS) is 11.5. The molecule has 0 saturated heterocycles. The summed E-state index contributed by atoms with van der Waals surface area (Å²) in [5.74, 6) is -0.902. The van der Waals surface area contributed by atoms with E-state index in [1.165, 1.54) is 37.8 Å². The molecule has 23 heavy (non-hydrogen) atoms. The van der Waals surface area contributed by atoms with Crippen molar-refractivity contribution in [2.45, 2.75) is 64.5 Å². The van der Waals surface area contributed by atoms with Crippen LogP contribution in [0.1, 0.15) is 74.2 Å². The summed E-state index contributed by atoms with van der Waals surface area (Å²) in [7, 11) is 0. The van der Waals surface area contributed by atoms with Crippen molar-refractivity contribution in [3.63, 3.8) is 0 Å². The van der Waals surface area contributed by atoms with Gasteiger partial charge in [0.05, 0.1) is 17.7 Å². The number of rotatable bonds is 10. The molecule has 0 aliphatic carbocycles. The number of esters is 1. The van der Waals surface area contributed by atoms with E-state index in [-0.39, 0.29) is 6.61 Å². The van der Waals surface area contributed by atoms with E-state index in [4.69, 9.17) is 4.74 Å². The van der Waals surface area contributed by atoms with E-state index in [9.17, 15) is 18.0 Å². The Morgan fingerprint density at radius 3 is 2.13 bits per heavy atom. The van der Waals surface area contributed by atoms with Crippen LogP contribution in [0.5, 0.6) is 0 Å². The molecule has 0 aliphatic rings. The van der Waals surface area contributed by atoms with Crippen molar-refractivity contribution >= 4 is 5.97 Å². The quantitative estimate of drug-likeness (QED) is 0.388. The lowest BCUT2D eigenvalue weighted by Gasteiger charge is -2.12. The van der Waals surface area contributed by atoms with Gasteiger partial charge in [0.2, 0.25) is 0 Å². The molecule has 0 bridgehead atoms. The molecule has 0 fully saturated rings. The molecule has 0 N–H and O–H groups in total. The van der Waals surface area contributed by atoms with Crippen LogP contribution in [0, 0.1) is 0 Å². The van der Waals surface area contributed by atoms with Crippen molar-refractivity contribution in [2.75, 3.05) is 6.61 Å². The first-order valence-electron chi connectivity index (χ1n) is 8.30. The minimum atomic E-state index is -4.55. The van der Waals surface area contributed by atoms with Crippen LogP contribution in [-0.4, -0.2) is 12.6 Å². The smallest absolute Gasteiger partial charge is 0.417 e. The Balaban J connectivity index is 2.28. The van der Waals surface area contributed by atoms with E-state index >= 15 is 0 Å². The largest absolute Gasteiger partial charge is 0.462 e. The first kappa shape index (κ1) is 19.5. The zero-order chi connectivity index (χ0) is 17.1. The summed E-state index contributed by atoms with van der Waals surface area (Å²) in [4.78, 5) is 11.8. The van der Waals surface area contributed by atoms with Gasteiger partial charge in [0.1, 0.15) is 0 Å². The molecule has 0 radical (unpaired) electrons. The third kappa shape index (κ3) is 7.53. The van der Waals surface area contributed by atoms with Crippen molar-refractivity contribution < 1.29 is 22.7 Å². The number of benzene rings is 1. The van der Waals surface area contributed by atoms with Crippen molar-refractivity contribution in [2.24, 2.45) is 0 Å². The van der Waals surface area contributed by atoms with Crippen LogP contribution >= 0.6 is 0 Å². The van der Waals surface area contributed by atoms with E-state index < -0.39 is 23.3 Å². The maximum atomic E-state index is 12.8. The van der Waals surface area contributed by atoms with Crippen LogP contribution < -0.4 is 0 Å². The van der Waals surface area contributed by atoms with Gasteiger partial charge >= 0.3 is 12.1 Å². The lowest BCUT2D eigenvalue weighted by atomic mass is 10.1. The van der Waals surface area contributed by atoms with Crippen LogP contribution in [0.2, 0.25) is 0 Å². The molecule has 2 nitrogen and oxygen atoms in total. The van der Waals surface area contributed by atoms with Gasteiger partial charge in [-0.1, -0.05) is 64.0 Å². The van der Waals surface area contributed by atoms with E-state index in [0.717, 1.165) is 31.4 Å². The fraction of sp³-hybridized carbons (Fsp3) is 0.611. The number of hydrogen-bond acceptors (Lipinski definition) is 2. The van der Waals surface area contributed by atoms with Gasteiger partial charge in [-0.05, 0) is 18.6 Å². The maximum absolute atomic E-state index is 12.8. The molecule has 1 rings (SSSR count). The first-order valence-corrected chi connectivity index (χ1v) is 8.30. The van der Waals surface area contributed by atoms with Crippen molar-refractivity contribution in [1.82, 2.24) is 0 Å². The SMILES string of the molecule is CCCCCCCCCCOC(=O)c1ccccc1C(F)(F)F. The lowest BCUT2D eigenvalue weighted by Crippen LogP contribution is -2.15. The summed E-state index contributed by atoms with van der Waals surface area (Å²) in [6.45, 7) is 2.34. The zero-order valence-electron chi connectivity index (χ0n) is 13.6. The number of carbonyl (C=O) groups is 1. The Labute approximate surface area is 136 Å². The van der Waals surface area contributed by atoms with Gasteiger partial charge in [0.15, 0.2) is 0 Å². The molecule has 1 aromatic carbocycles. The van der Waals surface area contributed by atoms with Gasteiger partial charge in [-0.15, -0.1) is 0 Å². The van der Waals surface area contributed by atoms with Gasteiger partial charge in [-0.25, -0.2) is 4.79 Å². The van der Waals surface area contributed by atoms with Crippen LogP contribution in [0.15, 0.2) is 24.3 Å². The summed E-state index contributed by atoms with van der Waals surface area (Å²) >= 11 is 0. The molecule has 0 atom stereocenters. The number of hydrogen-bond donors (Lipinski definition) is 0. The fourth-order valence-corrected chi connectivity index (χ4v) is 2.39. The van der Waals surface area contributed by atoms with Crippen molar-refractivity contribution in [3.8, 4) is 0 Å². The predicted octanol–water partition coefficient (Wildman–Crippen LogP) is 6.00. The summed E-state index contributed by atoms with van der Waals surface area (Å²) in [6, 6.07) is 4.71. The molecule has 0 amide bonds. The summed E-state index contributed by atoms with van der Waals surface area (Å²) in [6.07, 6.45) is 4.24. The van der Waals surface area contributed by atoms with E-state index in [2.05, 4.69) is 6.92 Å². The Kier molecular flexibility index (Phi) is 8.74. The minimum absolute atomic E-state index is 0.167. The Hall–Kier alpha value is -1.52. The molecule has 1 aromatic rings. The molecule has 130 valence electrons. The van der Waals surface area contributed by atoms with E-state index in [1.807, 2.05) is 0 Å². The second-order valence-electron chi connectivity index (χ2n) is 5.65. The summed E-state index contributed by atoms with van der Waals surface area (Å²) < 4.78 is 43.4. The number of unbranched alkanes of at least 4 members (excludes halogenated alkanes) is 7. The van der Waals surface area contributed by atoms with Crippen LogP contribution in [0.25, 0.3) is 0 Å². The summed E-state index contributed by atoms with van der Waals surface area (Å²) in [5, 5.41) is 0. The highest BCUT2D eigenvalue weighted by molar-refractivity contribution is 5.91. The molecule has 0 spiro atoms. The number of alkyl halides is 3. The highest BCUT2D eigenvalue weighted by Crippen LogP contribution is 2.32. The first-order chi connectivity index (χ1) is 11.0. The molecule has 0 aliphatic heterocycles. The van der Waals surface area contributed by atoms with Gasteiger partial charge < -0.3 is 4.74 Å². The van der Waals surface area contributed by atoms with Gasteiger partial charge in [-0.2, -0.15) is 13.2 Å². The van der Waals surface area contributed by atoms with E-state index in [0.29, 0.717) is 6.42 Å². The third-order valence-electron chi connectivity index (χ3n) is 3.68. The number of ether oxygens (including phenoxy) is 1. The molecule has 5 heteroatoms. The van der Waals surface area contributed by atoms with E-state index in [1.54, 1.807) is 0 Å². The van der Waals surface area contributed by atoms with Crippen molar-refractivity contribution in [3.05, 3.63) is 35.4 Å². The topological polar surface area (TPSA) is 26.3 Å². The average molecular weight is 330 g/mol. The number of halogens is 3. The molecule has 0 saturated carbocycles. The maximum Gasteiger partial charge on any atom is 0.417 e. The Morgan fingerprint density at radius 1 is 0.957 bits per heavy atom. The average Bonchev–Trinajstić information content (AvgIpc) is 2.52. The van der Waals surface area contributed by atoms with Gasteiger partial charge in [0.25, 0.3) is 0 Å². The molecular formula is C18H25F3O2. The Morgan fingerprint density at radius 2 is 1.52 bits per heavy atom. The second kappa shape index (κ2) is 10.3. The second-order valence-corrected chi connectivity index (χ2v) is 5.65. The molecular weight excluding hydrogens is 305 g/mol. The van der Waals surface area contributed by atoms with Crippen LogP contribution in [0.4, 0.5) is 13.2 Å². The molecule has 0 unspecified atom stereocenters. The lowest BCUT2D eigenvalue weighted by molar-refractivity contribution is -0.138. The minimum Gasteiger partial charge on any atom is -0.462 e.